The molecule has 0 aromatic carbocycles. The Kier molecular flexibility index (Phi) is 3.86. The quantitative estimate of drug-likeness (QED) is 0.457. The molecule has 4 N–H and O–H groups in total. The minimum atomic E-state index is -2.31. The molecule has 0 atom stereocenters. The number of rotatable bonds is 5. The lowest BCUT2D eigenvalue weighted by Gasteiger charge is -2.38. The third-order valence-corrected chi connectivity index (χ3v) is 2.79. The van der Waals surface area contributed by atoms with Crippen LogP contribution in [0.5, 0.6) is 0 Å². The summed E-state index contributed by atoms with van der Waals surface area (Å²) < 4.78 is 0. The number of carbonyl (C=O) groups is 4. The van der Waals surface area contributed by atoms with Crippen LogP contribution in [0.3, 0.4) is 0 Å². The van der Waals surface area contributed by atoms with E-state index in [1.807, 2.05) is 0 Å². The molecule has 0 rings (SSSR count). The number of Topliss-reactive ketones (excluding diaryl/α,β-unsaturated/α-hetero) is 4. The van der Waals surface area contributed by atoms with Crippen LogP contribution in [0.2, 0.25) is 0 Å². The number of hydrogen-bond acceptors (Lipinski definition) is 6. The van der Waals surface area contributed by atoms with Gasteiger partial charge in [0.05, 0.1) is 0 Å². The van der Waals surface area contributed by atoms with Crippen LogP contribution >= 0.6 is 0 Å². The predicted octanol–water partition coefficient (Wildman–Crippen LogP) is -1.06. The Morgan fingerprint density at radius 2 is 0.938 bits per heavy atom. The summed E-state index contributed by atoms with van der Waals surface area (Å²) >= 11 is 0. The van der Waals surface area contributed by atoms with Gasteiger partial charge in [0.25, 0.3) is 0 Å². The molecule has 6 nitrogen and oxygen atoms in total. The minimum Gasteiger partial charge on any atom is -0.306 e. The largest absolute Gasteiger partial charge is 0.306 e. The zero-order valence-electron chi connectivity index (χ0n) is 9.79. The molecule has 0 bridgehead atoms. The van der Waals surface area contributed by atoms with Crippen LogP contribution in [0.1, 0.15) is 27.7 Å². The van der Waals surface area contributed by atoms with Crippen molar-refractivity contribution in [1.82, 2.24) is 0 Å². The number of carbonyl (C=O) groups excluding carboxylic acids is 4. The first-order chi connectivity index (χ1) is 7.02. The van der Waals surface area contributed by atoms with Crippen LogP contribution < -0.4 is 11.5 Å². The zero-order chi connectivity index (χ0) is 13.3. The highest BCUT2D eigenvalue weighted by molar-refractivity contribution is 6.27. The molecule has 0 aliphatic carbocycles. The first kappa shape index (κ1) is 14.6. The molecule has 0 aliphatic rings. The standard InChI is InChI=1S/C10H16N2O4/c1-5(13)9(6(2)14,7(3)15)10(11,12)8(4)16/h11-12H2,1-4H3. The smallest absolute Gasteiger partial charge is 0.182 e. The molecule has 0 saturated heterocycles. The van der Waals surface area contributed by atoms with E-state index in [0.29, 0.717) is 0 Å². The SMILES string of the molecule is CC(=O)C(N)(N)C(C(C)=O)(C(C)=O)C(C)=O. The predicted molar refractivity (Wildman–Crippen MR) is 56.3 cm³/mol. The van der Waals surface area contributed by atoms with Gasteiger partial charge in [-0.05, 0) is 27.7 Å². The molecule has 0 fully saturated rings. The van der Waals surface area contributed by atoms with Crippen molar-refractivity contribution in [3.63, 3.8) is 0 Å². The normalized spacial score (nSPS) is 12.1. The van der Waals surface area contributed by atoms with Gasteiger partial charge >= 0.3 is 0 Å². The molecule has 0 aromatic rings. The summed E-state index contributed by atoms with van der Waals surface area (Å²) in [6, 6.07) is 0. The van der Waals surface area contributed by atoms with Gasteiger partial charge in [-0.15, -0.1) is 0 Å². The number of ketones is 4. The summed E-state index contributed by atoms with van der Waals surface area (Å²) in [5.41, 5.74) is 6.41. The third-order valence-electron chi connectivity index (χ3n) is 2.79. The Labute approximate surface area is 93.3 Å². The molecule has 0 heterocycles. The molecule has 16 heavy (non-hydrogen) atoms. The molecule has 6 heteroatoms. The van der Waals surface area contributed by atoms with Crippen LogP contribution in [0.25, 0.3) is 0 Å². The van der Waals surface area contributed by atoms with E-state index in [1.54, 1.807) is 0 Å². The first-order valence-corrected chi connectivity index (χ1v) is 4.64. The van der Waals surface area contributed by atoms with E-state index in [4.69, 9.17) is 11.5 Å². The highest BCUT2D eigenvalue weighted by Gasteiger charge is 2.60. The Balaban J connectivity index is 6.14. The van der Waals surface area contributed by atoms with Crippen molar-refractivity contribution in [2.24, 2.45) is 16.9 Å². The van der Waals surface area contributed by atoms with E-state index < -0.39 is 34.2 Å². The summed E-state index contributed by atoms with van der Waals surface area (Å²) in [4.78, 5) is 46.0. The number of nitrogens with two attached hydrogens (primary N) is 2. The Morgan fingerprint density at radius 1 is 0.688 bits per heavy atom. The lowest BCUT2D eigenvalue weighted by atomic mass is 9.66. The zero-order valence-corrected chi connectivity index (χ0v) is 9.79. The molecule has 90 valence electrons. The second-order valence-electron chi connectivity index (χ2n) is 3.84. The molecule has 0 radical (unpaired) electrons. The lowest BCUT2D eigenvalue weighted by Crippen LogP contribution is -2.74. The fourth-order valence-corrected chi connectivity index (χ4v) is 1.88. The molecular formula is C10H16N2O4. The second-order valence-corrected chi connectivity index (χ2v) is 3.84. The van der Waals surface area contributed by atoms with Crippen molar-refractivity contribution in [1.29, 1.82) is 0 Å². The van der Waals surface area contributed by atoms with Gasteiger partial charge in [-0.2, -0.15) is 0 Å². The van der Waals surface area contributed by atoms with Crippen molar-refractivity contribution >= 4 is 23.1 Å². The molecule has 0 amide bonds. The van der Waals surface area contributed by atoms with Gasteiger partial charge in [-0.25, -0.2) is 0 Å². The monoisotopic (exact) mass is 228 g/mol. The average molecular weight is 228 g/mol. The summed E-state index contributed by atoms with van der Waals surface area (Å²) in [5.74, 6) is -3.28. The van der Waals surface area contributed by atoms with Crippen LogP contribution in [0.15, 0.2) is 0 Å². The van der Waals surface area contributed by atoms with Gasteiger partial charge < -0.3 is 11.5 Å². The molecular weight excluding hydrogens is 212 g/mol. The van der Waals surface area contributed by atoms with Crippen molar-refractivity contribution in [2.75, 3.05) is 0 Å². The first-order valence-electron chi connectivity index (χ1n) is 4.64. The van der Waals surface area contributed by atoms with E-state index in [-0.39, 0.29) is 0 Å². The van der Waals surface area contributed by atoms with Crippen LogP contribution in [-0.2, 0) is 19.2 Å². The fourth-order valence-electron chi connectivity index (χ4n) is 1.88. The highest BCUT2D eigenvalue weighted by atomic mass is 16.2. The lowest BCUT2D eigenvalue weighted by molar-refractivity contribution is -0.155. The van der Waals surface area contributed by atoms with Gasteiger partial charge in [-0.1, -0.05) is 0 Å². The maximum atomic E-state index is 11.5. The van der Waals surface area contributed by atoms with E-state index in [1.165, 1.54) is 0 Å². The summed E-state index contributed by atoms with van der Waals surface area (Å²) in [6.07, 6.45) is 0. The maximum Gasteiger partial charge on any atom is 0.182 e. The molecule has 0 spiro atoms. The van der Waals surface area contributed by atoms with Crippen molar-refractivity contribution < 1.29 is 19.2 Å². The Hall–Kier alpha value is -1.40. The summed E-state index contributed by atoms with van der Waals surface area (Å²) in [5, 5.41) is 0. The molecule has 0 unspecified atom stereocenters. The molecule has 0 aromatic heterocycles. The van der Waals surface area contributed by atoms with Crippen LogP contribution in [-0.4, -0.2) is 28.8 Å². The van der Waals surface area contributed by atoms with Gasteiger partial charge in [0, 0.05) is 0 Å². The van der Waals surface area contributed by atoms with Crippen molar-refractivity contribution in [3.05, 3.63) is 0 Å². The second kappa shape index (κ2) is 4.23. The van der Waals surface area contributed by atoms with E-state index in [2.05, 4.69) is 0 Å². The van der Waals surface area contributed by atoms with E-state index in [0.717, 1.165) is 27.7 Å². The van der Waals surface area contributed by atoms with Crippen LogP contribution in [0.4, 0.5) is 0 Å². The third kappa shape index (κ3) is 1.70. The van der Waals surface area contributed by atoms with Crippen LogP contribution in [0, 0.1) is 5.41 Å². The average Bonchev–Trinajstić information content (AvgIpc) is 2.00. The summed E-state index contributed by atoms with van der Waals surface area (Å²) in [7, 11) is 0. The molecule has 0 aliphatic heterocycles. The molecule has 0 saturated carbocycles. The maximum absolute atomic E-state index is 11.5. The van der Waals surface area contributed by atoms with Crippen molar-refractivity contribution in [3.8, 4) is 0 Å². The van der Waals surface area contributed by atoms with Gasteiger partial charge in [-0.3, -0.25) is 19.2 Å². The van der Waals surface area contributed by atoms with E-state index in [9.17, 15) is 19.2 Å². The topological polar surface area (TPSA) is 120 Å². The van der Waals surface area contributed by atoms with Gasteiger partial charge in [0.15, 0.2) is 34.2 Å². The number of hydrogen-bond donors (Lipinski definition) is 2. The Bertz CT molecular complexity index is 335. The Morgan fingerprint density at radius 3 is 1.00 bits per heavy atom. The van der Waals surface area contributed by atoms with Gasteiger partial charge in [0.2, 0.25) is 0 Å². The minimum absolute atomic E-state index is 0.798. The van der Waals surface area contributed by atoms with Crippen molar-refractivity contribution in [2.45, 2.75) is 33.4 Å². The highest BCUT2D eigenvalue weighted by Crippen LogP contribution is 2.31. The van der Waals surface area contributed by atoms with Gasteiger partial charge in [0.1, 0.15) is 0 Å². The van der Waals surface area contributed by atoms with E-state index >= 15 is 0 Å². The fraction of sp³-hybridized carbons (Fsp3) is 0.600. The summed E-state index contributed by atoms with van der Waals surface area (Å²) in [6.45, 7) is 4.07.